The highest BCUT2D eigenvalue weighted by molar-refractivity contribution is 8.00. The summed E-state index contributed by atoms with van der Waals surface area (Å²) in [5, 5.41) is 24.7. The van der Waals surface area contributed by atoms with Crippen molar-refractivity contribution in [3.05, 3.63) is 33.7 Å². The van der Waals surface area contributed by atoms with Crippen LogP contribution in [0.15, 0.2) is 28.8 Å². The van der Waals surface area contributed by atoms with Crippen molar-refractivity contribution in [1.82, 2.24) is 15.5 Å². The Morgan fingerprint density at radius 1 is 1.31 bits per heavy atom. The molecule has 0 bridgehead atoms. The SMILES string of the molecule is CC(=O)OC(NC(=O)C(C(=O)O)c1cccs1)C1=C(C(=O)O)N2C(=O)[C@@H](NC=O)[C@H]2SC1. The highest BCUT2D eigenvalue weighted by Gasteiger charge is 2.54. The van der Waals surface area contributed by atoms with Gasteiger partial charge in [0.1, 0.15) is 17.1 Å². The first-order valence-electron chi connectivity index (χ1n) is 9.01. The molecule has 2 unspecified atom stereocenters. The second-order valence-electron chi connectivity index (χ2n) is 6.64. The molecule has 0 aliphatic carbocycles. The summed E-state index contributed by atoms with van der Waals surface area (Å²) in [5.74, 6) is -7.21. The Balaban J connectivity index is 1.95. The van der Waals surface area contributed by atoms with Crippen molar-refractivity contribution in [2.45, 2.75) is 30.5 Å². The predicted octanol–water partition coefficient (Wildman–Crippen LogP) is -0.710. The zero-order valence-corrected chi connectivity index (χ0v) is 18.0. The number of esters is 1. The van der Waals surface area contributed by atoms with Gasteiger partial charge in [-0.3, -0.25) is 28.9 Å². The molecule has 2 aliphatic heterocycles. The van der Waals surface area contributed by atoms with Crippen LogP contribution in [0.3, 0.4) is 0 Å². The van der Waals surface area contributed by atoms with E-state index in [1.807, 2.05) is 0 Å². The molecule has 4 atom stereocenters. The van der Waals surface area contributed by atoms with Gasteiger partial charge in [0.2, 0.25) is 18.5 Å². The maximum atomic E-state index is 12.8. The van der Waals surface area contributed by atoms with E-state index in [1.54, 1.807) is 11.4 Å². The number of thiophene rings is 1. The number of carbonyl (C=O) groups is 6. The molecule has 0 radical (unpaired) electrons. The molecule has 170 valence electrons. The van der Waals surface area contributed by atoms with Crippen LogP contribution in [0.4, 0.5) is 0 Å². The van der Waals surface area contributed by atoms with Crippen molar-refractivity contribution < 1.29 is 43.7 Å². The quantitative estimate of drug-likeness (QED) is 0.115. The van der Waals surface area contributed by atoms with Crippen LogP contribution in [0.2, 0.25) is 0 Å². The molecule has 1 aromatic rings. The summed E-state index contributed by atoms with van der Waals surface area (Å²) in [6.07, 6.45) is -1.29. The summed E-state index contributed by atoms with van der Waals surface area (Å²) in [7, 11) is 0. The number of carboxylic acids is 2. The number of hydrogen-bond donors (Lipinski definition) is 4. The van der Waals surface area contributed by atoms with Crippen molar-refractivity contribution in [2.24, 2.45) is 0 Å². The minimum Gasteiger partial charge on any atom is -0.480 e. The van der Waals surface area contributed by atoms with Gasteiger partial charge in [0.15, 0.2) is 5.92 Å². The van der Waals surface area contributed by atoms with Gasteiger partial charge in [0.25, 0.3) is 5.91 Å². The summed E-state index contributed by atoms with van der Waals surface area (Å²) < 4.78 is 5.10. The Kier molecular flexibility index (Phi) is 6.84. The van der Waals surface area contributed by atoms with Crippen molar-refractivity contribution in [1.29, 1.82) is 0 Å². The van der Waals surface area contributed by atoms with E-state index in [0.29, 0.717) is 6.41 Å². The number of hydrogen-bond acceptors (Lipinski definition) is 9. The lowest BCUT2D eigenvalue weighted by molar-refractivity contribution is -0.151. The Labute approximate surface area is 188 Å². The van der Waals surface area contributed by atoms with Crippen LogP contribution in [0.25, 0.3) is 0 Å². The smallest absolute Gasteiger partial charge is 0.352 e. The lowest BCUT2D eigenvalue weighted by Gasteiger charge is -2.49. The number of carboxylic acid groups (broad SMARTS) is 2. The molecular weight excluding hydrogens is 466 g/mol. The van der Waals surface area contributed by atoms with E-state index in [9.17, 15) is 39.0 Å². The van der Waals surface area contributed by atoms with Crippen LogP contribution in [0, 0.1) is 0 Å². The van der Waals surface area contributed by atoms with Gasteiger partial charge in [-0.25, -0.2) is 4.79 Å². The molecule has 0 saturated carbocycles. The van der Waals surface area contributed by atoms with Gasteiger partial charge in [-0.05, 0) is 11.4 Å². The van der Waals surface area contributed by atoms with Gasteiger partial charge in [-0.15, -0.1) is 23.1 Å². The van der Waals surface area contributed by atoms with Gasteiger partial charge < -0.3 is 25.6 Å². The topological polar surface area (TPSA) is 179 Å². The van der Waals surface area contributed by atoms with Gasteiger partial charge in [-0.2, -0.15) is 0 Å². The highest BCUT2D eigenvalue weighted by atomic mass is 32.2. The second-order valence-corrected chi connectivity index (χ2v) is 8.72. The molecule has 12 nitrogen and oxygen atoms in total. The molecule has 3 heterocycles. The average Bonchev–Trinajstić information content (AvgIpc) is 3.23. The Hall–Kier alpha value is -3.39. The second kappa shape index (κ2) is 9.40. The van der Waals surface area contributed by atoms with Crippen molar-refractivity contribution in [3.8, 4) is 0 Å². The third-order valence-corrected chi connectivity index (χ3v) is 6.90. The van der Waals surface area contributed by atoms with Crippen molar-refractivity contribution in [2.75, 3.05) is 5.75 Å². The van der Waals surface area contributed by atoms with Crippen LogP contribution in [-0.4, -0.2) is 74.6 Å². The molecule has 14 heteroatoms. The molecule has 32 heavy (non-hydrogen) atoms. The molecule has 3 rings (SSSR count). The van der Waals surface area contributed by atoms with E-state index >= 15 is 0 Å². The summed E-state index contributed by atoms with van der Waals surface area (Å²) in [6, 6.07) is 2.10. The monoisotopic (exact) mass is 483 g/mol. The normalized spacial score (nSPS) is 21.5. The van der Waals surface area contributed by atoms with E-state index < -0.39 is 59.0 Å². The van der Waals surface area contributed by atoms with Crippen molar-refractivity contribution in [3.63, 3.8) is 0 Å². The minimum absolute atomic E-state index is 0.0674. The summed E-state index contributed by atoms with van der Waals surface area (Å²) in [4.78, 5) is 72.3. The largest absolute Gasteiger partial charge is 0.480 e. The van der Waals surface area contributed by atoms with Crippen LogP contribution >= 0.6 is 23.1 Å². The Bertz CT molecular complexity index is 1010. The number of nitrogens with zero attached hydrogens (tertiary/aromatic N) is 1. The third kappa shape index (κ3) is 4.31. The number of thioether (sulfide) groups is 1. The number of nitrogens with one attached hydrogen (secondary N) is 2. The number of fused-ring (bicyclic) bond motifs is 1. The molecule has 0 aromatic carbocycles. The first-order valence-corrected chi connectivity index (χ1v) is 10.9. The van der Waals surface area contributed by atoms with E-state index in [2.05, 4.69) is 10.6 Å². The number of rotatable bonds is 9. The van der Waals surface area contributed by atoms with E-state index in [1.165, 1.54) is 6.07 Å². The number of amides is 3. The van der Waals surface area contributed by atoms with E-state index in [0.717, 1.165) is 34.9 Å². The van der Waals surface area contributed by atoms with Crippen LogP contribution in [-0.2, 0) is 33.5 Å². The number of aliphatic carboxylic acids is 2. The number of carbonyl (C=O) groups excluding carboxylic acids is 4. The van der Waals surface area contributed by atoms with Crippen LogP contribution < -0.4 is 10.6 Å². The summed E-state index contributed by atoms with van der Waals surface area (Å²) >= 11 is 2.13. The first-order chi connectivity index (χ1) is 15.2. The predicted molar refractivity (Wildman–Crippen MR) is 109 cm³/mol. The fraction of sp³-hybridized carbons (Fsp3) is 0.333. The highest BCUT2D eigenvalue weighted by Crippen LogP contribution is 2.41. The summed E-state index contributed by atoms with van der Waals surface area (Å²) in [6.45, 7) is 1.03. The maximum absolute atomic E-state index is 12.8. The fourth-order valence-corrected chi connectivity index (χ4v) is 5.52. The van der Waals surface area contributed by atoms with Gasteiger partial charge >= 0.3 is 17.9 Å². The maximum Gasteiger partial charge on any atom is 0.352 e. The van der Waals surface area contributed by atoms with E-state index in [-0.39, 0.29) is 16.2 Å². The molecular formula is C18H17N3O9S2. The number of ether oxygens (including phenoxy) is 1. The van der Waals surface area contributed by atoms with E-state index in [4.69, 9.17) is 4.74 Å². The first kappa shape index (κ1) is 23.3. The lowest BCUT2D eigenvalue weighted by atomic mass is 10.0. The molecule has 0 spiro atoms. The zero-order valence-electron chi connectivity index (χ0n) is 16.3. The zero-order chi connectivity index (χ0) is 23.6. The summed E-state index contributed by atoms with van der Waals surface area (Å²) in [5.41, 5.74) is -0.604. The van der Waals surface area contributed by atoms with Crippen LogP contribution in [0.1, 0.15) is 17.7 Å². The molecule has 3 amide bonds. The molecule has 2 aliphatic rings. The lowest BCUT2D eigenvalue weighted by Crippen LogP contribution is -2.70. The molecule has 1 aromatic heterocycles. The van der Waals surface area contributed by atoms with Crippen molar-refractivity contribution >= 4 is 59.2 Å². The third-order valence-electron chi connectivity index (χ3n) is 4.66. The molecule has 1 fully saturated rings. The number of β-lactam (4-membered cyclic amide) rings is 1. The van der Waals surface area contributed by atoms with Gasteiger partial charge in [0.05, 0.1) is 0 Å². The average molecular weight is 483 g/mol. The standard InChI is InChI=1S/C18H17N3O9S2/c1-7(23)30-14(20-13(24)10(17(26)27)9-3-2-4-31-9)8-5-32-16-11(19-6-22)15(25)21(16)12(8)18(28)29/h2-4,6,10-11,14,16H,5H2,1H3,(H,19,22)(H,20,24)(H,26,27)(H,28,29)/t10?,11-,14?,16-/m1/s1. The van der Waals surface area contributed by atoms with Crippen LogP contribution in [0.5, 0.6) is 0 Å². The van der Waals surface area contributed by atoms with Gasteiger partial charge in [-0.1, -0.05) is 6.07 Å². The Morgan fingerprint density at radius 3 is 2.56 bits per heavy atom. The Morgan fingerprint density at radius 2 is 2.03 bits per heavy atom. The molecule has 1 saturated heterocycles. The minimum atomic E-state index is -1.62. The fourth-order valence-electron chi connectivity index (χ4n) is 3.32. The molecule has 4 N–H and O–H groups in total. The van der Waals surface area contributed by atoms with Gasteiger partial charge in [0, 0.05) is 23.1 Å².